The van der Waals surface area contributed by atoms with Gasteiger partial charge in [-0.05, 0) is 40.9 Å². The van der Waals surface area contributed by atoms with Gasteiger partial charge in [-0.25, -0.2) is 9.97 Å². The number of likely N-dealkylation sites (N-methyl/N-ethyl adjacent to an activating group) is 1. The van der Waals surface area contributed by atoms with Crippen LogP contribution in [0.4, 0.5) is 17.6 Å². The molecule has 0 aliphatic carbocycles. The molecular weight excluding hydrogens is 434 g/mol. The maximum absolute atomic E-state index is 9.50. The van der Waals surface area contributed by atoms with Crippen molar-refractivity contribution in [1.82, 2.24) is 15.0 Å². The van der Waals surface area contributed by atoms with E-state index in [1.165, 1.54) is 0 Å². The van der Waals surface area contributed by atoms with Gasteiger partial charge in [0.15, 0.2) is 0 Å². The molecule has 152 valence electrons. The number of rotatable bonds is 4. The zero-order valence-electron chi connectivity index (χ0n) is 16.5. The first-order valence-corrected chi connectivity index (χ1v) is 10.6. The van der Waals surface area contributed by atoms with Gasteiger partial charge in [0.05, 0.1) is 18.8 Å². The van der Waals surface area contributed by atoms with E-state index in [1.807, 2.05) is 18.3 Å². The van der Waals surface area contributed by atoms with Gasteiger partial charge < -0.3 is 19.4 Å². The largest absolute Gasteiger partial charge is 0.378 e. The monoisotopic (exact) mass is 457 g/mol. The second-order valence-electron chi connectivity index (χ2n) is 7.30. The second kappa shape index (κ2) is 8.93. The van der Waals surface area contributed by atoms with Gasteiger partial charge in [0, 0.05) is 56.1 Å². The van der Waals surface area contributed by atoms with Crippen molar-refractivity contribution in [2.75, 3.05) is 61.1 Å². The highest BCUT2D eigenvalue weighted by molar-refractivity contribution is 9.10. The van der Waals surface area contributed by atoms with Crippen molar-refractivity contribution in [3.05, 3.63) is 34.6 Å². The molecule has 0 bridgehead atoms. The fourth-order valence-corrected chi connectivity index (χ4v) is 4.20. The van der Waals surface area contributed by atoms with Gasteiger partial charge in [-0.2, -0.15) is 10.2 Å². The molecule has 2 aromatic rings. The molecule has 0 spiro atoms. The Morgan fingerprint density at radius 2 is 2.07 bits per heavy atom. The first kappa shape index (κ1) is 19.9. The summed E-state index contributed by atoms with van der Waals surface area (Å²) in [5.74, 6) is 2.43. The van der Waals surface area contributed by atoms with Crippen LogP contribution in [0.1, 0.15) is 18.4 Å². The first-order valence-electron chi connectivity index (χ1n) is 9.85. The lowest BCUT2D eigenvalue weighted by Gasteiger charge is -2.39. The van der Waals surface area contributed by atoms with Crippen LogP contribution in [0, 0.1) is 11.3 Å². The number of morpholine rings is 1. The van der Waals surface area contributed by atoms with Crippen LogP contribution in [0.5, 0.6) is 0 Å². The highest BCUT2D eigenvalue weighted by Gasteiger charge is 2.27. The summed E-state index contributed by atoms with van der Waals surface area (Å²) >= 11 is 3.40. The van der Waals surface area contributed by atoms with E-state index in [4.69, 9.17) is 9.72 Å². The van der Waals surface area contributed by atoms with Crippen LogP contribution in [0.3, 0.4) is 0 Å². The Balaban J connectivity index is 1.51. The van der Waals surface area contributed by atoms with Crippen LogP contribution in [0.25, 0.3) is 0 Å². The molecule has 8 nitrogen and oxygen atoms in total. The minimum absolute atomic E-state index is 0.285. The molecule has 0 amide bonds. The predicted molar refractivity (Wildman–Crippen MR) is 115 cm³/mol. The Hall–Kier alpha value is -2.44. The summed E-state index contributed by atoms with van der Waals surface area (Å²) in [7, 11) is 2.08. The smallest absolute Gasteiger partial charge is 0.227 e. The molecule has 2 aromatic heterocycles. The molecule has 29 heavy (non-hydrogen) atoms. The molecule has 1 atom stereocenters. The lowest BCUT2D eigenvalue weighted by molar-refractivity contribution is 0.122. The van der Waals surface area contributed by atoms with Crippen molar-refractivity contribution in [3.8, 4) is 6.07 Å². The molecular formula is C20H24BrN7O. The van der Waals surface area contributed by atoms with Crippen molar-refractivity contribution in [2.24, 2.45) is 0 Å². The number of hydrogen-bond acceptors (Lipinski definition) is 8. The Kier molecular flexibility index (Phi) is 6.11. The van der Waals surface area contributed by atoms with Crippen LogP contribution in [-0.2, 0) is 4.74 Å². The Morgan fingerprint density at radius 3 is 2.86 bits per heavy atom. The van der Waals surface area contributed by atoms with E-state index >= 15 is 0 Å². The molecule has 0 aromatic carbocycles. The predicted octanol–water partition coefficient (Wildman–Crippen LogP) is 2.45. The number of anilines is 3. The number of nitriles is 1. The topological polar surface area (TPSA) is 81.4 Å². The number of ether oxygens (including phenoxy) is 1. The fourth-order valence-electron chi connectivity index (χ4n) is 3.87. The average Bonchev–Trinajstić information content (AvgIpc) is 2.79. The van der Waals surface area contributed by atoms with Gasteiger partial charge in [-0.3, -0.25) is 0 Å². The number of aromatic nitrogens is 3. The van der Waals surface area contributed by atoms with Crippen molar-refractivity contribution in [1.29, 1.82) is 5.26 Å². The minimum atomic E-state index is 0.285. The maximum Gasteiger partial charge on any atom is 0.227 e. The number of pyridine rings is 1. The standard InChI is InChI=1S/C20H24BrN7O/c1-26(18-4-5-23-20(25-18)27-7-9-29-10-8-27)17-3-2-6-28(14-17)19-15(12-22)11-16(21)13-24-19/h4-5,11,13,17H,2-3,6-10,14H2,1H3. The summed E-state index contributed by atoms with van der Waals surface area (Å²) in [6.45, 7) is 4.76. The highest BCUT2D eigenvalue weighted by atomic mass is 79.9. The van der Waals surface area contributed by atoms with Gasteiger partial charge in [0.25, 0.3) is 0 Å². The van der Waals surface area contributed by atoms with Gasteiger partial charge in [0.2, 0.25) is 5.95 Å². The van der Waals surface area contributed by atoms with Crippen LogP contribution < -0.4 is 14.7 Å². The zero-order valence-corrected chi connectivity index (χ0v) is 18.0. The summed E-state index contributed by atoms with van der Waals surface area (Å²) in [5.41, 5.74) is 0.597. The van der Waals surface area contributed by atoms with Crippen molar-refractivity contribution in [2.45, 2.75) is 18.9 Å². The molecule has 0 radical (unpaired) electrons. The van der Waals surface area contributed by atoms with Crippen LogP contribution in [-0.4, -0.2) is 67.4 Å². The summed E-state index contributed by atoms with van der Waals surface area (Å²) in [4.78, 5) is 20.4. The minimum Gasteiger partial charge on any atom is -0.378 e. The Morgan fingerprint density at radius 1 is 1.24 bits per heavy atom. The number of nitrogens with zero attached hydrogens (tertiary/aromatic N) is 7. The van der Waals surface area contributed by atoms with E-state index in [-0.39, 0.29) is 6.04 Å². The van der Waals surface area contributed by atoms with Crippen LogP contribution in [0.2, 0.25) is 0 Å². The molecule has 4 rings (SSSR count). The molecule has 4 heterocycles. The van der Waals surface area contributed by atoms with E-state index in [1.54, 1.807) is 6.20 Å². The van der Waals surface area contributed by atoms with Crippen molar-refractivity contribution < 1.29 is 4.74 Å². The summed E-state index contributed by atoms with van der Waals surface area (Å²) < 4.78 is 6.25. The SMILES string of the molecule is CN(c1ccnc(N2CCOCC2)n1)C1CCCN(c2ncc(Br)cc2C#N)C1. The Bertz CT molecular complexity index is 897. The first-order chi connectivity index (χ1) is 14.2. The summed E-state index contributed by atoms with van der Waals surface area (Å²) in [6, 6.07) is 6.34. The normalized spacial score (nSPS) is 19.7. The van der Waals surface area contributed by atoms with Crippen LogP contribution >= 0.6 is 15.9 Å². The van der Waals surface area contributed by atoms with E-state index in [2.05, 4.69) is 53.7 Å². The van der Waals surface area contributed by atoms with Gasteiger partial charge in [-0.15, -0.1) is 0 Å². The quantitative estimate of drug-likeness (QED) is 0.692. The lowest BCUT2D eigenvalue weighted by atomic mass is 10.0. The molecule has 2 saturated heterocycles. The number of piperidine rings is 1. The highest BCUT2D eigenvalue weighted by Crippen LogP contribution is 2.27. The molecule has 0 saturated carbocycles. The van der Waals surface area contributed by atoms with Gasteiger partial charge in [-0.1, -0.05) is 0 Å². The molecule has 2 aliphatic rings. The summed E-state index contributed by atoms with van der Waals surface area (Å²) in [5, 5.41) is 9.50. The second-order valence-corrected chi connectivity index (χ2v) is 8.22. The molecule has 2 aliphatic heterocycles. The van der Waals surface area contributed by atoms with Crippen LogP contribution in [0.15, 0.2) is 29.0 Å². The van der Waals surface area contributed by atoms with E-state index in [0.29, 0.717) is 18.8 Å². The third-order valence-corrected chi connectivity index (χ3v) is 5.91. The van der Waals surface area contributed by atoms with Gasteiger partial charge in [0.1, 0.15) is 17.7 Å². The maximum atomic E-state index is 9.50. The van der Waals surface area contributed by atoms with Crippen molar-refractivity contribution >= 4 is 33.5 Å². The van der Waals surface area contributed by atoms with E-state index < -0.39 is 0 Å². The zero-order chi connectivity index (χ0) is 20.2. The number of hydrogen-bond donors (Lipinski definition) is 0. The number of halogens is 1. The van der Waals surface area contributed by atoms with Crippen molar-refractivity contribution in [3.63, 3.8) is 0 Å². The molecule has 1 unspecified atom stereocenters. The van der Waals surface area contributed by atoms with E-state index in [9.17, 15) is 5.26 Å². The van der Waals surface area contributed by atoms with Gasteiger partial charge >= 0.3 is 0 Å². The average molecular weight is 458 g/mol. The molecule has 2 fully saturated rings. The molecule has 0 N–H and O–H groups in total. The molecule has 9 heteroatoms. The third kappa shape index (κ3) is 4.43. The fraction of sp³-hybridized carbons (Fsp3) is 0.500. The Labute approximate surface area is 179 Å². The summed E-state index contributed by atoms with van der Waals surface area (Å²) in [6.07, 6.45) is 5.69. The lowest BCUT2D eigenvalue weighted by Crippen LogP contribution is -2.47. The third-order valence-electron chi connectivity index (χ3n) is 5.48. The van der Waals surface area contributed by atoms with E-state index in [0.717, 1.165) is 61.1 Å².